The van der Waals surface area contributed by atoms with Gasteiger partial charge in [0.2, 0.25) is 0 Å². The fourth-order valence-electron chi connectivity index (χ4n) is 1.97. The number of hydrogen-bond acceptors (Lipinski definition) is 5. The van der Waals surface area contributed by atoms with E-state index in [0.29, 0.717) is 13.2 Å². The van der Waals surface area contributed by atoms with Crippen LogP contribution in [0.25, 0.3) is 4.96 Å². The van der Waals surface area contributed by atoms with E-state index in [-0.39, 0.29) is 6.04 Å². The van der Waals surface area contributed by atoms with E-state index < -0.39 is 0 Å². The van der Waals surface area contributed by atoms with Gasteiger partial charge in [0.1, 0.15) is 6.04 Å². The SMILES string of the molecule is COCCNC(C#N)c1c(C)nc2scc(C)n12. The zero-order chi connectivity index (χ0) is 13.1. The van der Waals surface area contributed by atoms with Gasteiger partial charge in [0, 0.05) is 24.7 Å². The molecule has 0 aliphatic heterocycles. The van der Waals surface area contributed by atoms with E-state index in [9.17, 15) is 5.26 Å². The number of imidazole rings is 1. The van der Waals surface area contributed by atoms with Crippen molar-refractivity contribution < 1.29 is 4.74 Å². The monoisotopic (exact) mass is 264 g/mol. The zero-order valence-corrected chi connectivity index (χ0v) is 11.5. The molecule has 0 fully saturated rings. The summed E-state index contributed by atoms with van der Waals surface area (Å²) in [6.45, 7) is 5.20. The van der Waals surface area contributed by atoms with Crippen LogP contribution in [0.4, 0.5) is 0 Å². The van der Waals surface area contributed by atoms with Gasteiger partial charge in [0.15, 0.2) is 4.96 Å². The summed E-state index contributed by atoms with van der Waals surface area (Å²) in [7, 11) is 1.65. The van der Waals surface area contributed by atoms with Crippen molar-refractivity contribution in [3.63, 3.8) is 0 Å². The largest absolute Gasteiger partial charge is 0.383 e. The number of nitrogens with zero attached hydrogens (tertiary/aromatic N) is 3. The van der Waals surface area contributed by atoms with Crippen molar-refractivity contribution in [2.75, 3.05) is 20.3 Å². The van der Waals surface area contributed by atoms with Crippen LogP contribution in [0.5, 0.6) is 0 Å². The first-order valence-corrected chi connectivity index (χ1v) is 6.62. The summed E-state index contributed by atoms with van der Waals surface area (Å²) >= 11 is 1.60. The molecule has 2 rings (SSSR count). The van der Waals surface area contributed by atoms with Crippen molar-refractivity contribution in [2.45, 2.75) is 19.9 Å². The third-order valence-corrected chi connectivity index (χ3v) is 3.75. The molecule has 0 radical (unpaired) electrons. The van der Waals surface area contributed by atoms with Gasteiger partial charge in [-0.15, -0.1) is 11.3 Å². The number of aryl methyl sites for hydroxylation is 2. The number of rotatable bonds is 5. The standard InChI is InChI=1S/C12H16N4OS/c1-8-7-18-12-15-9(2)11(16(8)12)10(6-13)14-4-5-17-3/h7,10,14H,4-5H2,1-3H3. The van der Waals surface area contributed by atoms with Gasteiger partial charge in [-0.25, -0.2) is 4.98 Å². The maximum atomic E-state index is 9.32. The number of fused-ring (bicyclic) bond motifs is 1. The summed E-state index contributed by atoms with van der Waals surface area (Å²) in [6, 6.07) is 1.93. The highest BCUT2D eigenvalue weighted by Crippen LogP contribution is 2.24. The Labute approximate surface area is 110 Å². The Morgan fingerprint density at radius 3 is 3.06 bits per heavy atom. The minimum atomic E-state index is -0.358. The lowest BCUT2D eigenvalue weighted by Crippen LogP contribution is -2.25. The second-order valence-corrected chi connectivity index (χ2v) is 4.92. The van der Waals surface area contributed by atoms with E-state index in [1.165, 1.54) is 0 Å². The quantitative estimate of drug-likeness (QED) is 0.837. The molecular weight excluding hydrogens is 248 g/mol. The molecule has 2 aromatic rings. The minimum Gasteiger partial charge on any atom is -0.383 e. The van der Waals surface area contributed by atoms with E-state index in [2.05, 4.69) is 21.8 Å². The lowest BCUT2D eigenvalue weighted by atomic mass is 10.2. The third-order valence-electron chi connectivity index (χ3n) is 2.81. The fourth-order valence-corrected chi connectivity index (χ4v) is 2.89. The average Bonchev–Trinajstić information content (AvgIpc) is 2.86. The fraction of sp³-hybridized carbons (Fsp3) is 0.500. The molecule has 18 heavy (non-hydrogen) atoms. The average molecular weight is 264 g/mol. The zero-order valence-electron chi connectivity index (χ0n) is 10.7. The molecule has 5 nitrogen and oxygen atoms in total. The van der Waals surface area contributed by atoms with Crippen molar-refractivity contribution in [1.82, 2.24) is 14.7 Å². The van der Waals surface area contributed by atoms with E-state index >= 15 is 0 Å². The lowest BCUT2D eigenvalue weighted by Gasteiger charge is -2.12. The van der Waals surface area contributed by atoms with Crippen LogP contribution >= 0.6 is 11.3 Å². The number of methoxy groups -OCH3 is 1. The highest BCUT2D eigenvalue weighted by Gasteiger charge is 2.20. The molecule has 2 aromatic heterocycles. The van der Waals surface area contributed by atoms with Crippen LogP contribution in [-0.2, 0) is 4.74 Å². The van der Waals surface area contributed by atoms with Gasteiger partial charge in [0.25, 0.3) is 0 Å². The normalized spacial score (nSPS) is 12.8. The Morgan fingerprint density at radius 1 is 1.61 bits per heavy atom. The minimum absolute atomic E-state index is 0.358. The van der Waals surface area contributed by atoms with Crippen molar-refractivity contribution >= 4 is 16.3 Å². The molecule has 1 N–H and O–H groups in total. The molecule has 1 atom stereocenters. The summed E-state index contributed by atoms with van der Waals surface area (Å²) in [5.41, 5.74) is 2.95. The van der Waals surface area contributed by atoms with Gasteiger partial charge in [0.05, 0.1) is 24.1 Å². The summed E-state index contributed by atoms with van der Waals surface area (Å²) in [6.07, 6.45) is 0. The van der Waals surface area contributed by atoms with E-state index in [0.717, 1.165) is 22.0 Å². The van der Waals surface area contributed by atoms with Gasteiger partial charge < -0.3 is 4.74 Å². The smallest absolute Gasteiger partial charge is 0.194 e. The maximum absolute atomic E-state index is 9.32. The number of hydrogen-bond donors (Lipinski definition) is 1. The van der Waals surface area contributed by atoms with Crippen LogP contribution in [0, 0.1) is 25.2 Å². The van der Waals surface area contributed by atoms with E-state index in [1.807, 2.05) is 18.2 Å². The summed E-state index contributed by atoms with van der Waals surface area (Å²) in [5, 5.41) is 14.5. The molecule has 0 aliphatic carbocycles. The third kappa shape index (κ3) is 2.25. The van der Waals surface area contributed by atoms with Gasteiger partial charge >= 0.3 is 0 Å². The molecule has 1 unspecified atom stereocenters. The maximum Gasteiger partial charge on any atom is 0.194 e. The first-order valence-electron chi connectivity index (χ1n) is 5.74. The predicted octanol–water partition coefficient (Wildman–Crippen LogP) is 1.81. The van der Waals surface area contributed by atoms with Crippen LogP contribution in [-0.4, -0.2) is 29.6 Å². The Kier molecular flexibility index (Phi) is 3.97. The summed E-state index contributed by atoms with van der Waals surface area (Å²) < 4.78 is 7.04. The van der Waals surface area contributed by atoms with Gasteiger partial charge in [-0.05, 0) is 13.8 Å². The van der Waals surface area contributed by atoms with Crippen LogP contribution in [0.3, 0.4) is 0 Å². The van der Waals surface area contributed by atoms with Gasteiger partial charge in [-0.3, -0.25) is 9.72 Å². The van der Waals surface area contributed by atoms with E-state index in [4.69, 9.17) is 4.74 Å². The summed E-state index contributed by atoms with van der Waals surface area (Å²) in [4.78, 5) is 5.43. The lowest BCUT2D eigenvalue weighted by molar-refractivity contribution is 0.197. The second-order valence-electron chi connectivity index (χ2n) is 4.09. The highest BCUT2D eigenvalue weighted by molar-refractivity contribution is 7.15. The highest BCUT2D eigenvalue weighted by atomic mass is 32.1. The van der Waals surface area contributed by atoms with Gasteiger partial charge in [-0.2, -0.15) is 5.26 Å². The van der Waals surface area contributed by atoms with Crippen molar-refractivity contribution in [3.05, 3.63) is 22.5 Å². The summed E-state index contributed by atoms with van der Waals surface area (Å²) in [5.74, 6) is 0. The van der Waals surface area contributed by atoms with E-state index in [1.54, 1.807) is 18.4 Å². The van der Waals surface area contributed by atoms with Crippen LogP contribution in [0.2, 0.25) is 0 Å². The molecule has 2 heterocycles. The van der Waals surface area contributed by atoms with Crippen molar-refractivity contribution in [3.8, 4) is 6.07 Å². The van der Waals surface area contributed by atoms with Crippen LogP contribution in [0.1, 0.15) is 23.1 Å². The Hall–Kier alpha value is -1.42. The van der Waals surface area contributed by atoms with Crippen molar-refractivity contribution in [2.24, 2.45) is 0 Å². The Balaban J connectivity index is 2.35. The first kappa shape index (κ1) is 13.0. The molecular formula is C12H16N4OS. The number of nitrogens with one attached hydrogen (secondary N) is 1. The molecule has 0 bridgehead atoms. The molecule has 0 aromatic carbocycles. The molecule has 0 saturated heterocycles. The second kappa shape index (κ2) is 5.48. The number of thiazole rings is 1. The predicted molar refractivity (Wildman–Crippen MR) is 70.8 cm³/mol. The number of aromatic nitrogens is 2. The molecule has 0 amide bonds. The first-order chi connectivity index (χ1) is 8.69. The van der Waals surface area contributed by atoms with Crippen molar-refractivity contribution in [1.29, 1.82) is 5.26 Å². The molecule has 0 saturated carbocycles. The number of nitriles is 1. The molecule has 96 valence electrons. The van der Waals surface area contributed by atoms with Gasteiger partial charge in [-0.1, -0.05) is 0 Å². The Bertz CT molecular complexity index is 581. The topological polar surface area (TPSA) is 62.3 Å². The molecule has 0 aliphatic rings. The van der Waals surface area contributed by atoms with Crippen LogP contribution in [0.15, 0.2) is 5.38 Å². The van der Waals surface area contributed by atoms with Crippen LogP contribution < -0.4 is 5.32 Å². The number of ether oxygens (including phenoxy) is 1. The molecule has 6 heteroatoms. The Morgan fingerprint density at radius 2 is 2.39 bits per heavy atom. The molecule has 0 spiro atoms.